The number of rotatable bonds is 1. The van der Waals surface area contributed by atoms with Gasteiger partial charge in [0.2, 0.25) is 0 Å². The highest BCUT2D eigenvalue weighted by molar-refractivity contribution is 6.31. The fourth-order valence-electron chi connectivity index (χ4n) is 2.71. The Morgan fingerprint density at radius 1 is 1.33 bits per heavy atom. The lowest BCUT2D eigenvalue weighted by Gasteiger charge is -2.29. The number of aromatic amines is 1. The molecular weight excluding hydrogens is 250 g/mol. The second-order valence-corrected chi connectivity index (χ2v) is 5.43. The standard InChI is InChI=1S/C13H16ClN3O/c1-16-6-4-10(5-7-16)17-12-8-9(14)2-3-11(12)15-13(17)18/h2-3,8,10H,4-7H2,1H3,(H,15,18). The van der Waals surface area contributed by atoms with Crippen molar-refractivity contribution >= 4 is 22.6 Å². The molecule has 1 aliphatic heterocycles. The van der Waals surface area contributed by atoms with Gasteiger partial charge in [-0.15, -0.1) is 0 Å². The number of H-pyrrole nitrogens is 1. The molecule has 0 spiro atoms. The number of nitrogens with zero attached hydrogens (tertiary/aromatic N) is 2. The molecule has 0 unspecified atom stereocenters. The Morgan fingerprint density at radius 2 is 2.06 bits per heavy atom. The molecule has 0 radical (unpaired) electrons. The van der Waals surface area contributed by atoms with Crippen LogP contribution in [0.5, 0.6) is 0 Å². The molecule has 1 saturated heterocycles. The van der Waals surface area contributed by atoms with Crippen molar-refractivity contribution in [3.05, 3.63) is 33.7 Å². The number of piperidine rings is 1. The van der Waals surface area contributed by atoms with Crippen LogP contribution in [0, 0.1) is 0 Å². The Labute approximate surface area is 110 Å². The zero-order valence-electron chi connectivity index (χ0n) is 10.3. The van der Waals surface area contributed by atoms with Crippen LogP contribution >= 0.6 is 11.6 Å². The summed E-state index contributed by atoms with van der Waals surface area (Å²) in [5.74, 6) is 0. The van der Waals surface area contributed by atoms with Gasteiger partial charge in [0.1, 0.15) is 0 Å². The molecule has 0 bridgehead atoms. The lowest BCUT2D eigenvalue weighted by atomic mass is 10.1. The van der Waals surface area contributed by atoms with E-state index >= 15 is 0 Å². The monoisotopic (exact) mass is 265 g/mol. The van der Waals surface area contributed by atoms with E-state index in [9.17, 15) is 4.79 Å². The zero-order chi connectivity index (χ0) is 12.7. The summed E-state index contributed by atoms with van der Waals surface area (Å²) in [5, 5.41) is 0.670. The SMILES string of the molecule is CN1CCC(n2c(=O)[nH]c3ccc(Cl)cc32)CC1. The van der Waals surface area contributed by atoms with Crippen LogP contribution < -0.4 is 5.69 Å². The lowest BCUT2D eigenvalue weighted by molar-refractivity contribution is 0.221. The molecule has 1 aliphatic rings. The van der Waals surface area contributed by atoms with Crippen molar-refractivity contribution in [1.82, 2.24) is 14.5 Å². The van der Waals surface area contributed by atoms with E-state index < -0.39 is 0 Å². The van der Waals surface area contributed by atoms with Crippen LogP contribution in [0.25, 0.3) is 11.0 Å². The van der Waals surface area contributed by atoms with Crippen molar-refractivity contribution in [3.63, 3.8) is 0 Å². The number of hydrogen-bond donors (Lipinski definition) is 1. The van der Waals surface area contributed by atoms with Crippen LogP contribution in [0.15, 0.2) is 23.0 Å². The Balaban J connectivity index is 2.08. The van der Waals surface area contributed by atoms with E-state index in [-0.39, 0.29) is 11.7 Å². The number of aromatic nitrogens is 2. The minimum atomic E-state index is -0.0261. The van der Waals surface area contributed by atoms with Gasteiger partial charge in [0.05, 0.1) is 11.0 Å². The Morgan fingerprint density at radius 3 is 2.78 bits per heavy atom. The van der Waals surface area contributed by atoms with Crippen molar-refractivity contribution in [2.45, 2.75) is 18.9 Å². The van der Waals surface area contributed by atoms with Gasteiger partial charge in [0, 0.05) is 11.1 Å². The fraction of sp³-hybridized carbons (Fsp3) is 0.462. The zero-order valence-corrected chi connectivity index (χ0v) is 11.1. The first-order chi connectivity index (χ1) is 8.65. The van der Waals surface area contributed by atoms with Gasteiger partial charge in [-0.1, -0.05) is 11.6 Å². The first kappa shape index (κ1) is 11.8. The molecule has 0 saturated carbocycles. The molecule has 96 valence electrons. The van der Waals surface area contributed by atoms with Crippen LogP contribution in [0.3, 0.4) is 0 Å². The Hall–Kier alpha value is -1.26. The number of nitrogens with one attached hydrogen (secondary N) is 1. The van der Waals surface area contributed by atoms with Gasteiger partial charge >= 0.3 is 5.69 Å². The van der Waals surface area contributed by atoms with E-state index in [4.69, 9.17) is 11.6 Å². The van der Waals surface area contributed by atoms with Gasteiger partial charge < -0.3 is 9.88 Å². The van der Waals surface area contributed by atoms with Gasteiger partial charge in [0.25, 0.3) is 0 Å². The van der Waals surface area contributed by atoms with Crippen molar-refractivity contribution in [2.24, 2.45) is 0 Å². The summed E-state index contributed by atoms with van der Waals surface area (Å²) in [4.78, 5) is 17.3. The summed E-state index contributed by atoms with van der Waals surface area (Å²) in [6.45, 7) is 2.06. The normalized spacial score (nSPS) is 18.6. The summed E-state index contributed by atoms with van der Waals surface area (Å²) < 4.78 is 1.87. The predicted octanol–water partition coefficient (Wildman–Crippen LogP) is 2.25. The minimum Gasteiger partial charge on any atom is -0.306 e. The summed E-state index contributed by atoms with van der Waals surface area (Å²) in [6.07, 6.45) is 2.02. The van der Waals surface area contributed by atoms with E-state index in [0.29, 0.717) is 5.02 Å². The third kappa shape index (κ3) is 1.95. The van der Waals surface area contributed by atoms with E-state index in [1.165, 1.54) is 0 Å². The molecule has 2 heterocycles. The second kappa shape index (κ2) is 4.44. The number of benzene rings is 1. The maximum Gasteiger partial charge on any atom is 0.326 e. The third-order valence-electron chi connectivity index (χ3n) is 3.73. The van der Waals surface area contributed by atoms with Crippen molar-refractivity contribution in [1.29, 1.82) is 0 Å². The second-order valence-electron chi connectivity index (χ2n) is 5.00. The van der Waals surface area contributed by atoms with E-state index in [0.717, 1.165) is 37.0 Å². The summed E-state index contributed by atoms with van der Waals surface area (Å²) in [7, 11) is 2.12. The Kier molecular flexibility index (Phi) is 2.92. The third-order valence-corrected chi connectivity index (χ3v) is 3.97. The molecule has 1 aromatic carbocycles. The van der Waals surface area contributed by atoms with Crippen LogP contribution in [0.1, 0.15) is 18.9 Å². The van der Waals surface area contributed by atoms with Crippen molar-refractivity contribution < 1.29 is 0 Å². The fourth-order valence-corrected chi connectivity index (χ4v) is 2.88. The van der Waals surface area contributed by atoms with Crippen LogP contribution in [-0.2, 0) is 0 Å². The van der Waals surface area contributed by atoms with Crippen molar-refractivity contribution in [3.8, 4) is 0 Å². The van der Waals surface area contributed by atoms with Crippen molar-refractivity contribution in [2.75, 3.05) is 20.1 Å². The molecule has 18 heavy (non-hydrogen) atoms. The average molecular weight is 266 g/mol. The number of fused-ring (bicyclic) bond motifs is 1. The minimum absolute atomic E-state index is 0.0261. The molecule has 1 aromatic heterocycles. The largest absolute Gasteiger partial charge is 0.326 e. The molecule has 0 atom stereocenters. The van der Waals surface area contributed by atoms with Gasteiger partial charge in [-0.2, -0.15) is 0 Å². The van der Waals surface area contributed by atoms with Crippen LogP contribution in [-0.4, -0.2) is 34.6 Å². The van der Waals surface area contributed by atoms with Gasteiger partial charge in [-0.3, -0.25) is 4.57 Å². The summed E-state index contributed by atoms with van der Waals surface area (Å²) in [5.41, 5.74) is 1.76. The topological polar surface area (TPSA) is 41.0 Å². The number of halogens is 1. The summed E-state index contributed by atoms with van der Waals surface area (Å²) >= 11 is 6.02. The average Bonchev–Trinajstić information content (AvgIpc) is 2.66. The highest BCUT2D eigenvalue weighted by atomic mass is 35.5. The molecule has 1 N–H and O–H groups in total. The number of hydrogen-bond acceptors (Lipinski definition) is 2. The maximum absolute atomic E-state index is 12.1. The van der Waals surface area contributed by atoms with Crippen LogP contribution in [0.4, 0.5) is 0 Å². The van der Waals surface area contributed by atoms with Crippen LogP contribution in [0.2, 0.25) is 5.02 Å². The predicted molar refractivity (Wildman–Crippen MR) is 73.3 cm³/mol. The molecule has 2 aromatic rings. The molecule has 3 rings (SSSR count). The first-order valence-corrected chi connectivity index (χ1v) is 6.61. The highest BCUT2D eigenvalue weighted by Crippen LogP contribution is 2.25. The number of imidazole rings is 1. The molecule has 0 aliphatic carbocycles. The molecule has 5 heteroatoms. The number of likely N-dealkylation sites (tertiary alicyclic amines) is 1. The summed E-state index contributed by atoms with van der Waals surface area (Å²) in [6, 6.07) is 5.82. The maximum atomic E-state index is 12.1. The molecule has 4 nitrogen and oxygen atoms in total. The quantitative estimate of drug-likeness (QED) is 0.859. The highest BCUT2D eigenvalue weighted by Gasteiger charge is 2.21. The molecular formula is C13H16ClN3O. The smallest absolute Gasteiger partial charge is 0.306 e. The molecule has 1 fully saturated rings. The van der Waals surface area contributed by atoms with E-state index in [1.807, 2.05) is 16.7 Å². The van der Waals surface area contributed by atoms with E-state index in [2.05, 4.69) is 16.9 Å². The van der Waals surface area contributed by atoms with Gasteiger partial charge in [-0.05, 0) is 51.2 Å². The lowest BCUT2D eigenvalue weighted by Crippen LogP contribution is -2.34. The molecule has 0 amide bonds. The van der Waals surface area contributed by atoms with Gasteiger partial charge in [0.15, 0.2) is 0 Å². The van der Waals surface area contributed by atoms with E-state index in [1.54, 1.807) is 6.07 Å². The Bertz CT molecular complexity index is 623. The van der Waals surface area contributed by atoms with Gasteiger partial charge in [-0.25, -0.2) is 4.79 Å². The first-order valence-electron chi connectivity index (χ1n) is 6.23.